The molecule has 2 unspecified atom stereocenters. The number of hydrogen-bond donors (Lipinski definition) is 2. The number of carbonyl (C=O) groups excluding carboxylic acids is 3. The third-order valence-electron chi connectivity index (χ3n) is 8.68. The standard InChI is InChI=1S/C37H46FN3O7/c1-39-23-9-5-8-12-35(43)41-24-27(33(25-41)48-36(44)22-21-34(42)40-38)26-47-37(28-10-6-4-7-11-28,29-13-17-31(45-2)18-14-29)30-15-19-32(46-3)20-16-30/h4,6-7,10-11,13-20,27,33,39H,5,8-9,12,21-26H2,1-3H3,(H,40,42). The van der Waals surface area contributed by atoms with E-state index in [4.69, 9.17) is 18.9 Å². The largest absolute Gasteiger partial charge is 0.497 e. The van der Waals surface area contributed by atoms with E-state index in [9.17, 15) is 18.9 Å². The normalized spacial score (nSPS) is 16.0. The lowest BCUT2D eigenvalue weighted by Gasteiger charge is -2.37. The minimum absolute atomic E-state index is 0.0144. The topological polar surface area (TPSA) is 115 Å². The van der Waals surface area contributed by atoms with Crippen LogP contribution in [0, 0.1) is 5.92 Å². The molecule has 1 fully saturated rings. The number of nitrogens with zero attached hydrogens (tertiary/aromatic N) is 1. The summed E-state index contributed by atoms with van der Waals surface area (Å²) in [5, 5.41) is 3.12. The number of methoxy groups -OCH3 is 2. The van der Waals surface area contributed by atoms with E-state index < -0.39 is 23.6 Å². The van der Waals surface area contributed by atoms with Crippen molar-refractivity contribution in [3.8, 4) is 11.5 Å². The van der Waals surface area contributed by atoms with Gasteiger partial charge in [0, 0.05) is 25.3 Å². The number of unbranched alkanes of at least 4 members (excludes halogenated alkanes) is 2. The quantitative estimate of drug-likeness (QED) is 0.0852. The van der Waals surface area contributed by atoms with Gasteiger partial charge >= 0.3 is 5.97 Å². The zero-order chi connectivity index (χ0) is 34.4. The molecule has 1 aliphatic heterocycles. The molecule has 0 saturated carbocycles. The monoisotopic (exact) mass is 663 g/mol. The number of halogens is 1. The highest BCUT2D eigenvalue weighted by molar-refractivity contribution is 5.80. The fourth-order valence-electron chi connectivity index (χ4n) is 6.05. The van der Waals surface area contributed by atoms with E-state index in [1.165, 1.54) is 0 Å². The Labute approximate surface area is 281 Å². The molecule has 48 heavy (non-hydrogen) atoms. The average molecular weight is 664 g/mol. The Bertz CT molecular complexity index is 1410. The van der Waals surface area contributed by atoms with E-state index in [1.807, 2.05) is 85.9 Å². The van der Waals surface area contributed by atoms with Gasteiger partial charge in [-0.15, -0.1) is 4.48 Å². The minimum Gasteiger partial charge on any atom is -0.497 e. The molecular formula is C37H46FN3O7. The number of rotatable bonds is 18. The van der Waals surface area contributed by atoms with Gasteiger partial charge in [-0.25, -0.2) is 0 Å². The number of esters is 1. The van der Waals surface area contributed by atoms with Crippen LogP contribution in [0.2, 0.25) is 0 Å². The molecule has 2 amide bonds. The number of carbonyl (C=O) groups is 3. The number of amides is 2. The number of benzene rings is 3. The molecule has 0 bridgehead atoms. The highest BCUT2D eigenvalue weighted by Gasteiger charge is 2.43. The molecule has 10 nitrogen and oxygen atoms in total. The van der Waals surface area contributed by atoms with Gasteiger partial charge in [0.05, 0.1) is 33.8 Å². The van der Waals surface area contributed by atoms with Crippen LogP contribution in [0.5, 0.6) is 11.5 Å². The lowest BCUT2D eigenvalue weighted by Crippen LogP contribution is -2.37. The van der Waals surface area contributed by atoms with Crippen molar-refractivity contribution in [2.75, 3.05) is 47.5 Å². The lowest BCUT2D eigenvalue weighted by atomic mass is 9.80. The van der Waals surface area contributed by atoms with Gasteiger partial charge in [-0.05, 0) is 67.4 Å². The predicted octanol–water partition coefficient (Wildman–Crippen LogP) is 4.94. The zero-order valence-electron chi connectivity index (χ0n) is 27.9. The minimum atomic E-state index is -1.10. The van der Waals surface area contributed by atoms with Crippen LogP contribution in [-0.4, -0.2) is 76.3 Å². The van der Waals surface area contributed by atoms with Gasteiger partial charge in [-0.3, -0.25) is 14.4 Å². The first-order chi connectivity index (χ1) is 23.3. The van der Waals surface area contributed by atoms with Gasteiger partial charge in [-0.1, -0.05) is 61.0 Å². The fourth-order valence-corrected chi connectivity index (χ4v) is 6.05. The third-order valence-corrected chi connectivity index (χ3v) is 8.68. The van der Waals surface area contributed by atoms with Gasteiger partial charge in [0.2, 0.25) is 11.8 Å². The second-order valence-corrected chi connectivity index (χ2v) is 11.8. The molecule has 0 aromatic heterocycles. The van der Waals surface area contributed by atoms with E-state index in [1.54, 1.807) is 19.1 Å². The molecule has 2 atom stereocenters. The second-order valence-electron chi connectivity index (χ2n) is 11.8. The number of nitrogens with one attached hydrogen (secondary N) is 2. The van der Waals surface area contributed by atoms with Crippen LogP contribution in [0.1, 0.15) is 55.2 Å². The number of hydrogen-bond acceptors (Lipinski definition) is 8. The Balaban J connectivity index is 1.66. The fraction of sp³-hybridized carbons (Fsp3) is 0.432. The van der Waals surface area contributed by atoms with E-state index in [-0.39, 0.29) is 37.8 Å². The van der Waals surface area contributed by atoms with Gasteiger partial charge in [0.1, 0.15) is 23.2 Å². The van der Waals surface area contributed by atoms with E-state index >= 15 is 0 Å². The summed E-state index contributed by atoms with van der Waals surface area (Å²) in [4.78, 5) is 39.3. The zero-order valence-corrected chi connectivity index (χ0v) is 27.9. The Morgan fingerprint density at radius 3 is 1.96 bits per heavy atom. The van der Waals surface area contributed by atoms with Crippen LogP contribution in [0.4, 0.5) is 4.48 Å². The first-order valence-corrected chi connectivity index (χ1v) is 16.3. The molecule has 3 aromatic rings. The van der Waals surface area contributed by atoms with Gasteiger partial charge < -0.3 is 29.2 Å². The predicted molar refractivity (Wildman–Crippen MR) is 179 cm³/mol. The molecule has 1 aliphatic rings. The first-order valence-electron chi connectivity index (χ1n) is 16.3. The molecule has 3 aromatic carbocycles. The van der Waals surface area contributed by atoms with E-state index in [2.05, 4.69) is 5.32 Å². The Morgan fingerprint density at radius 1 is 0.792 bits per heavy atom. The maximum Gasteiger partial charge on any atom is 0.306 e. The number of likely N-dealkylation sites (tertiary alicyclic amines) is 1. The van der Waals surface area contributed by atoms with Gasteiger partial charge in [0.15, 0.2) is 0 Å². The molecule has 0 aliphatic carbocycles. The summed E-state index contributed by atoms with van der Waals surface area (Å²) >= 11 is 0. The summed E-state index contributed by atoms with van der Waals surface area (Å²) in [5.41, 5.74) is 2.50. The van der Waals surface area contributed by atoms with Crippen molar-refractivity contribution in [1.82, 2.24) is 15.8 Å². The molecular weight excluding hydrogens is 617 g/mol. The summed E-state index contributed by atoms with van der Waals surface area (Å²) in [6, 6.07) is 25.2. The molecule has 4 rings (SSSR count). The van der Waals surface area contributed by atoms with Crippen molar-refractivity contribution in [1.29, 1.82) is 0 Å². The highest BCUT2D eigenvalue weighted by Crippen LogP contribution is 2.42. The summed E-state index contributed by atoms with van der Waals surface area (Å²) in [6.07, 6.45) is 1.73. The molecule has 11 heteroatoms. The second kappa shape index (κ2) is 18.2. The maximum absolute atomic E-state index is 13.3. The smallest absolute Gasteiger partial charge is 0.306 e. The molecule has 258 valence electrons. The third kappa shape index (κ3) is 9.32. The van der Waals surface area contributed by atoms with Crippen molar-refractivity contribution in [3.63, 3.8) is 0 Å². The summed E-state index contributed by atoms with van der Waals surface area (Å²) in [7, 11) is 5.12. The lowest BCUT2D eigenvalue weighted by molar-refractivity contribution is -0.153. The van der Waals surface area contributed by atoms with E-state index in [0.717, 1.165) is 48.0 Å². The Kier molecular flexibility index (Phi) is 13.8. The van der Waals surface area contributed by atoms with Crippen LogP contribution >= 0.6 is 0 Å². The van der Waals surface area contributed by atoms with Crippen molar-refractivity contribution in [2.24, 2.45) is 5.92 Å². The van der Waals surface area contributed by atoms with Crippen molar-refractivity contribution in [3.05, 3.63) is 95.6 Å². The van der Waals surface area contributed by atoms with Crippen molar-refractivity contribution in [2.45, 2.75) is 50.2 Å². The molecule has 0 radical (unpaired) electrons. The average Bonchev–Trinajstić information content (AvgIpc) is 3.53. The summed E-state index contributed by atoms with van der Waals surface area (Å²) in [5.74, 6) is -0.551. The van der Waals surface area contributed by atoms with Crippen LogP contribution in [0.3, 0.4) is 0 Å². The molecule has 0 spiro atoms. The molecule has 1 saturated heterocycles. The SMILES string of the molecule is CNCCCCCC(=O)N1CC(COC(c2ccccc2)(c2ccc(OC)cc2)c2ccc(OC)cc2)C(OC(=O)CCC(=O)NF)C1. The summed E-state index contributed by atoms with van der Waals surface area (Å²) in [6.45, 7) is 1.55. The van der Waals surface area contributed by atoms with Crippen molar-refractivity contribution < 1.29 is 37.8 Å². The van der Waals surface area contributed by atoms with Gasteiger partial charge in [0.25, 0.3) is 0 Å². The Morgan fingerprint density at radius 2 is 1.40 bits per heavy atom. The highest BCUT2D eigenvalue weighted by atomic mass is 19.2. The molecule has 1 heterocycles. The summed E-state index contributed by atoms with van der Waals surface area (Å²) < 4.78 is 36.3. The van der Waals surface area contributed by atoms with Crippen LogP contribution in [0.15, 0.2) is 78.9 Å². The molecule has 2 N–H and O–H groups in total. The van der Waals surface area contributed by atoms with Crippen LogP contribution in [0.25, 0.3) is 0 Å². The first kappa shape index (κ1) is 36.4. The van der Waals surface area contributed by atoms with Crippen molar-refractivity contribution >= 4 is 17.8 Å². The maximum atomic E-state index is 13.3. The van der Waals surface area contributed by atoms with Crippen LogP contribution in [-0.2, 0) is 29.5 Å². The Hall–Kier alpha value is -4.48. The van der Waals surface area contributed by atoms with Crippen LogP contribution < -0.4 is 20.3 Å². The van der Waals surface area contributed by atoms with Gasteiger partial charge in [-0.2, -0.15) is 5.54 Å². The number of ether oxygens (including phenoxy) is 4. The van der Waals surface area contributed by atoms with E-state index in [0.29, 0.717) is 24.5 Å².